The standard InChI is InChI=1S/C28H28N2O3/c1-21-6-2-3-9-24(21)19-29-14-16-30(17-15-29)28(31)27-13-12-26(33-27)20-32-25-11-10-22-7-4-5-8-23(22)18-25/h2-13,18H,14-17,19-20H2,1H3. The second-order valence-electron chi connectivity index (χ2n) is 8.56. The second kappa shape index (κ2) is 9.51. The van der Waals surface area contributed by atoms with E-state index in [0.717, 1.165) is 30.8 Å². The molecule has 0 bridgehead atoms. The Hall–Kier alpha value is -3.57. The molecular weight excluding hydrogens is 412 g/mol. The van der Waals surface area contributed by atoms with Gasteiger partial charge in [-0.05, 0) is 53.1 Å². The lowest BCUT2D eigenvalue weighted by molar-refractivity contribution is 0.0594. The molecule has 4 aromatic rings. The molecule has 168 valence electrons. The molecule has 0 atom stereocenters. The van der Waals surface area contributed by atoms with Gasteiger partial charge in [-0.1, -0.05) is 54.6 Å². The summed E-state index contributed by atoms with van der Waals surface area (Å²) in [6, 6.07) is 26.2. The van der Waals surface area contributed by atoms with E-state index in [0.29, 0.717) is 24.6 Å². The topological polar surface area (TPSA) is 45.9 Å². The number of fused-ring (bicyclic) bond motifs is 1. The van der Waals surface area contributed by atoms with E-state index in [9.17, 15) is 4.79 Å². The number of amides is 1. The van der Waals surface area contributed by atoms with Crippen LogP contribution in [0.3, 0.4) is 0 Å². The average molecular weight is 441 g/mol. The molecule has 33 heavy (non-hydrogen) atoms. The van der Waals surface area contributed by atoms with Crippen molar-refractivity contribution in [1.82, 2.24) is 9.80 Å². The molecular formula is C28H28N2O3. The molecule has 1 fully saturated rings. The van der Waals surface area contributed by atoms with E-state index >= 15 is 0 Å². The number of furan rings is 1. The van der Waals surface area contributed by atoms with Crippen LogP contribution in [0.1, 0.15) is 27.4 Å². The Kier molecular flexibility index (Phi) is 6.13. The zero-order valence-corrected chi connectivity index (χ0v) is 18.9. The van der Waals surface area contributed by atoms with Crippen LogP contribution in [0.25, 0.3) is 10.8 Å². The van der Waals surface area contributed by atoms with E-state index in [2.05, 4.69) is 48.2 Å². The summed E-state index contributed by atoms with van der Waals surface area (Å²) < 4.78 is 11.7. The van der Waals surface area contributed by atoms with Crippen LogP contribution in [-0.4, -0.2) is 41.9 Å². The molecule has 0 N–H and O–H groups in total. The van der Waals surface area contributed by atoms with E-state index < -0.39 is 0 Å². The lowest BCUT2D eigenvalue weighted by Gasteiger charge is -2.34. The van der Waals surface area contributed by atoms with Crippen molar-refractivity contribution in [3.8, 4) is 5.75 Å². The van der Waals surface area contributed by atoms with Crippen molar-refractivity contribution in [2.24, 2.45) is 0 Å². The molecule has 1 aliphatic rings. The summed E-state index contributed by atoms with van der Waals surface area (Å²) in [5.74, 6) is 1.74. The van der Waals surface area contributed by atoms with E-state index in [1.54, 1.807) is 6.07 Å². The van der Waals surface area contributed by atoms with Gasteiger partial charge in [0, 0.05) is 32.7 Å². The zero-order chi connectivity index (χ0) is 22.6. The molecule has 5 nitrogen and oxygen atoms in total. The van der Waals surface area contributed by atoms with Crippen LogP contribution in [0.15, 0.2) is 83.3 Å². The first-order chi connectivity index (χ1) is 16.2. The maximum absolute atomic E-state index is 12.9. The number of piperazine rings is 1. The van der Waals surface area contributed by atoms with Gasteiger partial charge in [0.15, 0.2) is 5.76 Å². The van der Waals surface area contributed by atoms with Crippen LogP contribution >= 0.6 is 0 Å². The minimum Gasteiger partial charge on any atom is -0.486 e. The van der Waals surface area contributed by atoms with Gasteiger partial charge in [0.05, 0.1) is 0 Å². The number of hydrogen-bond acceptors (Lipinski definition) is 4. The number of carbonyl (C=O) groups excluding carboxylic acids is 1. The average Bonchev–Trinajstić information content (AvgIpc) is 3.33. The van der Waals surface area contributed by atoms with Gasteiger partial charge in [-0.3, -0.25) is 9.69 Å². The van der Waals surface area contributed by atoms with E-state index in [1.807, 2.05) is 41.3 Å². The molecule has 1 saturated heterocycles. The maximum Gasteiger partial charge on any atom is 0.289 e. The first kappa shape index (κ1) is 21.3. The van der Waals surface area contributed by atoms with Crippen molar-refractivity contribution in [1.29, 1.82) is 0 Å². The normalized spacial score (nSPS) is 14.5. The van der Waals surface area contributed by atoms with Gasteiger partial charge in [0.25, 0.3) is 5.91 Å². The monoisotopic (exact) mass is 440 g/mol. The quantitative estimate of drug-likeness (QED) is 0.409. The molecule has 0 unspecified atom stereocenters. The van der Waals surface area contributed by atoms with Gasteiger partial charge in [0.1, 0.15) is 18.1 Å². The summed E-state index contributed by atoms with van der Waals surface area (Å²) in [4.78, 5) is 17.2. The second-order valence-corrected chi connectivity index (χ2v) is 8.56. The Morgan fingerprint density at radius 3 is 2.45 bits per heavy atom. The SMILES string of the molecule is Cc1ccccc1CN1CCN(C(=O)c2ccc(COc3ccc4ccccc4c3)o2)CC1. The third-order valence-corrected chi connectivity index (χ3v) is 6.29. The number of aryl methyl sites for hydroxylation is 1. The zero-order valence-electron chi connectivity index (χ0n) is 18.9. The Bertz CT molecular complexity index is 1250. The number of hydrogen-bond donors (Lipinski definition) is 0. The van der Waals surface area contributed by atoms with Crippen molar-refractivity contribution < 1.29 is 13.9 Å². The highest BCUT2D eigenvalue weighted by atomic mass is 16.5. The molecule has 3 aromatic carbocycles. The number of rotatable bonds is 6. The van der Waals surface area contributed by atoms with Crippen LogP contribution in [0.2, 0.25) is 0 Å². The summed E-state index contributed by atoms with van der Waals surface area (Å²) >= 11 is 0. The fraction of sp³-hybridized carbons (Fsp3) is 0.250. The van der Waals surface area contributed by atoms with Gasteiger partial charge >= 0.3 is 0 Å². The molecule has 0 saturated carbocycles. The Labute approximate surface area is 194 Å². The van der Waals surface area contributed by atoms with Gasteiger partial charge in [0.2, 0.25) is 0 Å². The highest BCUT2D eigenvalue weighted by Gasteiger charge is 2.24. The molecule has 5 rings (SSSR count). The van der Waals surface area contributed by atoms with Crippen LogP contribution in [0.4, 0.5) is 0 Å². The van der Waals surface area contributed by atoms with Gasteiger partial charge in [-0.2, -0.15) is 0 Å². The van der Waals surface area contributed by atoms with E-state index in [1.165, 1.54) is 16.5 Å². The molecule has 5 heteroatoms. The molecule has 1 aromatic heterocycles. The van der Waals surface area contributed by atoms with Crippen LogP contribution in [0.5, 0.6) is 5.75 Å². The van der Waals surface area contributed by atoms with Crippen molar-refractivity contribution in [2.75, 3.05) is 26.2 Å². The molecule has 0 aliphatic carbocycles. The number of carbonyl (C=O) groups is 1. The van der Waals surface area contributed by atoms with Gasteiger partial charge in [-0.15, -0.1) is 0 Å². The van der Waals surface area contributed by atoms with E-state index in [-0.39, 0.29) is 12.5 Å². The minimum absolute atomic E-state index is 0.0532. The third kappa shape index (κ3) is 4.94. The van der Waals surface area contributed by atoms with Crippen molar-refractivity contribution >= 4 is 16.7 Å². The fourth-order valence-electron chi connectivity index (χ4n) is 4.28. The molecule has 0 radical (unpaired) electrons. The third-order valence-electron chi connectivity index (χ3n) is 6.29. The predicted molar refractivity (Wildman–Crippen MR) is 129 cm³/mol. The highest BCUT2D eigenvalue weighted by molar-refractivity contribution is 5.91. The smallest absolute Gasteiger partial charge is 0.289 e. The molecule has 1 aliphatic heterocycles. The number of nitrogens with zero attached hydrogens (tertiary/aromatic N) is 2. The lowest BCUT2D eigenvalue weighted by Crippen LogP contribution is -2.48. The number of benzene rings is 3. The minimum atomic E-state index is -0.0532. The summed E-state index contributed by atoms with van der Waals surface area (Å²) in [6.45, 7) is 6.48. The Balaban J connectivity index is 1.14. The van der Waals surface area contributed by atoms with Crippen molar-refractivity contribution in [2.45, 2.75) is 20.1 Å². The van der Waals surface area contributed by atoms with Crippen LogP contribution < -0.4 is 4.74 Å². The first-order valence-electron chi connectivity index (χ1n) is 11.4. The highest BCUT2D eigenvalue weighted by Crippen LogP contribution is 2.22. The lowest BCUT2D eigenvalue weighted by atomic mass is 10.1. The summed E-state index contributed by atoms with van der Waals surface area (Å²) in [5, 5.41) is 2.31. The van der Waals surface area contributed by atoms with E-state index in [4.69, 9.17) is 9.15 Å². The van der Waals surface area contributed by atoms with Crippen LogP contribution in [0, 0.1) is 6.92 Å². The maximum atomic E-state index is 12.9. The van der Waals surface area contributed by atoms with Crippen molar-refractivity contribution in [3.63, 3.8) is 0 Å². The van der Waals surface area contributed by atoms with Gasteiger partial charge in [-0.25, -0.2) is 0 Å². The summed E-state index contributed by atoms with van der Waals surface area (Å²) in [7, 11) is 0. The molecule has 2 heterocycles. The largest absolute Gasteiger partial charge is 0.486 e. The Morgan fingerprint density at radius 1 is 0.879 bits per heavy atom. The van der Waals surface area contributed by atoms with Crippen molar-refractivity contribution in [3.05, 3.63) is 102 Å². The Morgan fingerprint density at radius 2 is 1.64 bits per heavy atom. The number of ether oxygens (including phenoxy) is 1. The molecule has 1 amide bonds. The first-order valence-corrected chi connectivity index (χ1v) is 11.4. The summed E-state index contributed by atoms with van der Waals surface area (Å²) in [6.07, 6.45) is 0. The van der Waals surface area contributed by atoms with Crippen LogP contribution in [-0.2, 0) is 13.2 Å². The molecule has 0 spiro atoms. The summed E-state index contributed by atoms with van der Waals surface area (Å²) in [5.41, 5.74) is 2.66. The fourth-order valence-corrected chi connectivity index (χ4v) is 4.28. The predicted octanol–water partition coefficient (Wildman–Crippen LogP) is 5.28. The van der Waals surface area contributed by atoms with Gasteiger partial charge < -0.3 is 14.1 Å².